The van der Waals surface area contributed by atoms with E-state index in [1.165, 1.54) is 19.2 Å². The Morgan fingerprint density at radius 1 is 1.20 bits per heavy atom. The number of carboxylic acids is 1. The number of aryl methyl sites for hydroxylation is 2. The zero-order chi connectivity index (χ0) is 18.4. The van der Waals surface area contributed by atoms with E-state index >= 15 is 0 Å². The molecule has 132 valence electrons. The third-order valence-corrected chi connectivity index (χ3v) is 3.82. The Morgan fingerprint density at radius 2 is 1.88 bits per heavy atom. The number of methoxy groups -OCH3 is 1. The lowest BCUT2D eigenvalue weighted by Crippen LogP contribution is -2.34. The molecule has 0 saturated carbocycles. The highest BCUT2D eigenvalue weighted by Gasteiger charge is 2.23. The van der Waals surface area contributed by atoms with Gasteiger partial charge >= 0.3 is 5.97 Å². The third kappa shape index (κ3) is 5.04. The fraction of sp³-hybridized carbons (Fsp3) is 0.263. The molecule has 0 spiro atoms. The van der Waals surface area contributed by atoms with Gasteiger partial charge in [-0.15, -0.1) is 0 Å². The molecule has 0 aliphatic heterocycles. The minimum atomic E-state index is -1.31. The number of carbonyl (C=O) groups excluding carboxylic acids is 1. The quantitative estimate of drug-likeness (QED) is 0.809. The second-order valence-corrected chi connectivity index (χ2v) is 5.72. The fourth-order valence-corrected chi connectivity index (χ4v) is 2.40. The van der Waals surface area contributed by atoms with Gasteiger partial charge in [-0.25, -0.2) is 9.18 Å². The summed E-state index contributed by atoms with van der Waals surface area (Å²) < 4.78 is 18.6. The average Bonchev–Trinajstić information content (AvgIpc) is 2.59. The topological polar surface area (TPSA) is 75.6 Å². The molecule has 0 aliphatic carbocycles. The number of nitrogens with one attached hydrogen (secondary N) is 1. The normalized spacial score (nSPS) is 11.6. The molecule has 0 aliphatic rings. The van der Waals surface area contributed by atoms with E-state index in [1.807, 2.05) is 31.2 Å². The molecule has 2 rings (SSSR count). The number of halogens is 1. The van der Waals surface area contributed by atoms with Gasteiger partial charge in [0.05, 0.1) is 7.11 Å². The van der Waals surface area contributed by atoms with Gasteiger partial charge in [0.2, 0.25) is 5.91 Å². The molecule has 0 bridgehead atoms. The van der Waals surface area contributed by atoms with E-state index in [-0.39, 0.29) is 17.7 Å². The summed E-state index contributed by atoms with van der Waals surface area (Å²) in [7, 11) is 1.32. The van der Waals surface area contributed by atoms with Crippen LogP contribution >= 0.6 is 0 Å². The Morgan fingerprint density at radius 3 is 2.44 bits per heavy atom. The summed E-state index contributed by atoms with van der Waals surface area (Å²) in [6.45, 7) is 1.97. The highest BCUT2D eigenvalue weighted by atomic mass is 19.1. The van der Waals surface area contributed by atoms with Crippen LogP contribution in [0.25, 0.3) is 0 Å². The Balaban J connectivity index is 2.03. The van der Waals surface area contributed by atoms with E-state index < -0.39 is 23.7 Å². The molecule has 1 unspecified atom stereocenters. The van der Waals surface area contributed by atoms with Crippen LogP contribution in [0.15, 0.2) is 42.5 Å². The minimum absolute atomic E-state index is 0.0126. The second-order valence-electron chi connectivity index (χ2n) is 5.72. The van der Waals surface area contributed by atoms with Gasteiger partial charge in [-0.3, -0.25) is 4.79 Å². The first-order valence-electron chi connectivity index (χ1n) is 7.82. The van der Waals surface area contributed by atoms with Crippen LogP contribution in [0.4, 0.5) is 4.39 Å². The predicted molar refractivity (Wildman–Crippen MR) is 91.0 cm³/mol. The van der Waals surface area contributed by atoms with Gasteiger partial charge in [0, 0.05) is 6.42 Å². The van der Waals surface area contributed by atoms with Crippen LogP contribution < -0.4 is 10.1 Å². The number of hydrogen-bond acceptors (Lipinski definition) is 3. The lowest BCUT2D eigenvalue weighted by Gasteiger charge is -2.16. The Hall–Kier alpha value is -2.89. The van der Waals surface area contributed by atoms with Crippen molar-refractivity contribution < 1.29 is 23.8 Å². The molecule has 0 radical (unpaired) electrons. The molecule has 2 aromatic rings. The number of carbonyl (C=O) groups is 2. The standard InChI is InChI=1S/C19H20FNO4/c1-12-3-5-13(6-4-12)7-10-17(22)21-18(19(23)24)14-8-9-16(25-2)15(20)11-14/h3-6,8-9,11,18H,7,10H2,1-2H3,(H,21,22)(H,23,24). The molecule has 6 heteroatoms. The zero-order valence-electron chi connectivity index (χ0n) is 14.1. The Bertz CT molecular complexity index is 759. The SMILES string of the molecule is COc1ccc(C(NC(=O)CCc2ccc(C)cc2)C(=O)O)cc1F. The number of hydrogen-bond donors (Lipinski definition) is 2. The maximum Gasteiger partial charge on any atom is 0.330 e. The van der Waals surface area contributed by atoms with Crippen molar-refractivity contribution in [2.45, 2.75) is 25.8 Å². The van der Waals surface area contributed by atoms with Gasteiger partial charge in [0.1, 0.15) is 0 Å². The summed E-state index contributed by atoms with van der Waals surface area (Å²) in [5, 5.41) is 11.8. The summed E-state index contributed by atoms with van der Waals surface area (Å²) in [5.41, 5.74) is 2.26. The summed E-state index contributed by atoms with van der Waals surface area (Å²) in [5.74, 6) is -2.34. The largest absolute Gasteiger partial charge is 0.494 e. The highest BCUT2D eigenvalue weighted by molar-refractivity contribution is 5.84. The Kier molecular flexibility index (Phi) is 6.11. The van der Waals surface area contributed by atoms with E-state index in [4.69, 9.17) is 4.74 Å². The van der Waals surface area contributed by atoms with Gasteiger partial charge < -0.3 is 15.2 Å². The molecular formula is C19H20FNO4. The maximum atomic E-state index is 13.8. The van der Waals surface area contributed by atoms with E-state index in [9.17, 15) is 19.1 Å². The number of carboxylic acid groups (broad SMARTS) is 1. The van der Waals surface area contributed by atoms with Crippen molar-refractivity contribution >= 4 is 11.9 Å². The lowest BCUT2D eigenvalue weighted by atomic mass is 10.0. The first-order valence-corrected chi connectivity index (χ1v) is 7.82. The minimum Gasteiger partial charge on any atom is -0.494 e. The van der Waals surface area contributed by atoms with Gasteiger partial charge in [-0.05, 0) is 36.6 Å². The number of benzene rings is 2. The molecule has 0 aromatic heterocycles. The first kappa shape index (κ1) is 18.4. The maximum absolute atomic E-state index is 13.8. The zero-order valence-corrected chi connectivity index (χ0v) is 14.1. The van der Waals surface area contributed by atoms with E-state index in [1.54, 1.807) is 0 Å². The van der Waals surface area contributed by atoms with Crippen LogP contribution in [0.5, 0.6) is 5.75 Å². The van der Waals surface area contributed by atoms with Crippen molar-refractivity contribution in [2.75, 3.05) is 7.11 Å². The van der Waals surface area contributed by atoms with Gasteiger partial charge in [0.15, 0.2) is 17.6 Å². The number of aliphatic carboxylic acids is 1. The van der Waals surface area contributed by atoms with Gasteiger partial charge in [-0.2, -0.15) is 0 Å². The molecule has 0 heterocycles. The lowest BCUT2D eigenvalue weighted by molar-refractivity contribution is -0.142. The van der Waals surface area contributed by atoms with Crippen molar-refractivity contribution in [1.29, 1.82) is 0 Å². The van der Waals surface area contributed by atoms with Crippen LogP contribution in [0.3, 0.4) is 0 Å². The molecule has 0 saturated heterocycles. The van der Waals surface area contributed by atoms with Crippen LogP contribution in [0.2, 0.25) is 0 Å². The van der Waals surface area contributed by atoms with E-state index in [2.05, 4.69) is 5.32 Å². The molecule has 25 heavy (non-hydrogen) atoms. The number of ether oxygens (including phenoxy) is 1. The first-order chi connectivity index (χ1) is 11.9. The van der Waals surface area contributed by atoms with Gasteiger partial charge in [0.25, 0.3) is 0 Å². The van der Waals surface area contributed by atoms with Crippen molar-refractivity contribution in [3.05, 3.63) is 65.0 Å². The highest BCUT2D eigenvalue weighted by Crippen LogP contribution is 2.22. The molecule has 5 nitrogen and oxygen atoms in total. The fourth-order valence-electron chi connectivity index (χ4n) is 2.40. The molecule has 2 N–H and O–H groups in total. The summed E-state index contributed by atoms with van der Waals surface area (Å²) in [6.07, 6.45) is 0.640. The predicted octanol–water partition coefficient (Wildman–Crippen LogP) is 3.02. The van der Waals surface area contributed by atoms with Crippen LogP contribution in [-0.2, 0) is 16.0 Å². The van der Waals surface area contributed by atoms with Crippen molar-refractivity contribution in [2.24, 2.45) is 0 Å². The van der Waals surface area contributed by atoms with Crippen molar-refractivity contribution in [3.8, 4) is 5.75 Å². The molecule has 0 fully saturated rings. The monoisotopic (exact) mass is 345 g/mol. The van der Waals surface area contributed by atoms with Crippen LogP contribution in [0, 0.1) is 12.7 Å². The molecular weight excluding hydrogens is 325 g/mol. The van der Waals surface area contributed by atoms with Crippen molar-refractivity contribution in [3.63, 3.8) is 0 Å². The van der Waals surface area contributed by atoms with Crippen LogP contribution in [0.1, 0.15) is 29.2 Å². The number of amides is 1. The van der Waals surface area contributed by atoms with Crippen molar-refractivity contribution in [1.82, 2.24) is 5.32 Å². The summed E-state index contributed by atoms with van der Waals surface area (Å²) >= 11 is 0. The Labute approximate surface area is 145 Å². The third-order valence-electron chi connectivity index (χ3n) is 3.82. The van der Waals surface area contributed by atoms with Gasteiger partial charge in [-0.1, -0.05) is 35.9 Å². The molecule has 2 aromatic carbocycles. The number of rotatable bonds is 7. The smallest absolute Gasteiger partial charge is 0.330 e. The molecule has 1 amide bonds. The van der Waals surface area contributed by atoms with E-state index in [0.717, 1.165) is 17.2 Å². The summed E-state index contributed by atoms with van der Waals surface area (Å²) in [4.78, 5) is 23.5. The average molecular weight is 345 g/mol. The second kappa shape index (κ2) is 8.28. The molecule has 1 atom stereocenters. The van der Waals surface area contributed by atoms with E-state index in [0.29, 0.717) is 6.42 Å². The van der Waals surface area contributed by atoms with Crippen LogP contribution in [-0.4, -0.2) is 24.1 Å². The summed E-state index contributed by atoms with van der Waals surface area (Å²) in [6, 6.07) is 10.2.